The highest BCUT2D eigenvalue weighted by atomic mass is 16.2. The summed E-state index contributed by atoms with van der Waals surface area (Å²) in [5.41, 5.74) is 8.02. The zero-order valence-electron chi connectivity index (χ0n) is 18.5. The maximum atomic E-state index is 13.1. The minimum Gasteiger partial charge on any atom is -0.348 e. The van der Waals surface area contributed by atoms with Crippen LogP contribution in [-0.4, -0.2) is 21.7 Å². The summed E-state index contributed by atoms with van der Waals surface area (Å²) in [7, 11) is 0. The van der Waals surface area contributed by atoms with Crippen LogP contribution in [-0.2, 0) is 0 Å². The molecule has 1 heterocycles. The summed E-state index contributed by atoms with van der Waals surface area (Å²) in [6, 6.07) is 14.5. The first-order valence-corrected chi connectivity index (χ1v) is 10.2. The normalized spacial score (nSPS) is 12.3. The van der Waals surface area contributed by atoms with Gasteiger partial charge in [0.1, 0.15) is 5.69 Å². The Labute approximate surface area is 174 Å². The number of nitrogens with zero attached hydrogens (tertiary/aromatic N) is 2. The van der Waals surface area contributed by atoms with Crippen LogP contribution in [0.1, 0.15) is 53.5 Å². The Bertz CT molecular complexity index is 1050. The number of rotatable bonds is 5. The van der Waals surface area contributed by atoms with Gasteiger partial charge in [0.2, 0.25) is 0 Å². The molecule has 1 N–H and O–H groups in total. The van der Waals surface area contributed by atoms with Gasteiger partial charge in [0.05, 0.1) is 11.4 Å². The molecule has 1 unspecified atom stereocenters. The maximum Gasteiger partial charge on any atom is 0.270 e. The van der Waals surface area contributed by atoms with Crippen LogP contribution in [0.15, 0.2) is 42.5 Å². The van der Waals surface area contributed by atoms with Gasteiger partial charge in [-0.05, 0) is 75.4 Å². The fourth-order valence-electron chi connectivity index (χ4n) is 3.26. The van der Waals surface area contributed by atoms with Crippen molar-refractivity contribution < 1.29 is 4.79 Å². The summed E-state index contributed by atoms with van der Waals surface area (Å²) in [4.78, 5) is 13.1. The van der Waals surface area contributed by atoms with Gasteiger partial charge in [-0.25, -0.2) is 4.68 Å². The molecule has 29 heavy (non-hydrogen) atoms. The Morgan fingerprint density at radius 2 is 1.62 bits per heavy atom. The Kier molecular flexibility index (Phi) is 5.92. The van der Waals surface area contributed by atoms with Crippen LogP contribution in [0, 0.1) is 33.6 Å². The molecule has 0 fully saturated rings. The molecule has 0 saturated carbocycles. The highest BCUT2D eigenvalue weighted by molar-refractivity contribution is 5.94. The fraction of sp³-hybridized carbons (Fsp3) is 0.360. The molecule has 152 valence electrons. The van der Waals surface area contributed by atoms with Gasteiger partial charge in [-0.15, -0.1) is 0 Å². The van der Waals surface area contributed by atoms with Crippen molar-refractivity contribution >= 4 is 5.91 Å². The van der Waals surface area contributed by atoms with E-state index in [2.05, 4.69) is 77.2 Å². The van der Waals surface area contributed by atoms with E-state index in [0.717, 1.165) is 22.5 Å². The quantitative estimate of drug-likeness (QED) is 0.622. The second kappa shape index (κ2) is 8.24. The lowest BCUT2D eigenvalue weighted by atomic mass is 10.0. The minimum atomic E-state index is -0.103. The van der Waals surface area contributed by atoms with E-state index in [1.165, 1.54) is 16.7 Å². The average molecular weight is 390 g/mol. The van der Waals surface area contributed by atoms with Crippen molar-refractivity contribution in [2.45, 2.75) is 54.5 Å². The molecular weight excluding hydrogens is 358 g/mol. The summed E-state index contributed by atoms with van der Waals surface area (Å²) in [6.45, 7) is 14.6. The van der Waals surface area contributed by atoms with E-state index in [9.17, 15) is 4.79 Å². The predicted molar refractivity (Wildman–Crippen MR) is 120 cm³/mol. The zero-order valence-corrected chi connectivity index (χ0v) is 18.5. The first kappa shape index (κ1) is 20.8. The van der Waals surface area contributed by atoms with Gasteiger partial charge in [-0.2, -0.15) is 5.10 Å². The number of benzene rings is 2. The molecule has 3 aromatic rings. The lowest BCUT2D eigenvalue weighted by Crippen LogP contribution is -2.37. The van der Waals surface area contributed by atoms with Gasteiger partial charge in [-0.3, -0.25) is 4.79 Å². The standard InChI is InChI=1S/C25H31N3O/c1-15(2)20(7)26-25(29)24-14-22(21-10-9-17(4)18(5)13-21)27-28(24)23-11-8-16(3)12-19(23)6/h8-15,20H,1-7H3,(H,26,29). The third-order valence-electron chi connectivity index (χ3n) is 5.68. The first-order valence-electron chi connectivity index (χ1n) is 10.2. The van der Waals surface area contributed by atoms with Gasteiger partial charge in [0.15, 0.2) is 0 Å². The number of carbonyl (C=O) groups is 1. The van der Waals surface area contributed by atoms with Crippen molar-refractivity contribution in [2.24, 2.45) is 5.92 Å². The maximum absolute atomic E-state index is 13.1. The molecule has 0 radical (unpaired) electrons. The molecule has 1 amide bonds. The third kappa shape index (κ3) is 4.42. The van der Waals surface area contributed by atoms with Gasteiger partial charge in [0, 0.05) is 11.6 Å². The highest BCUT2D eigenvalue weighted by Gasteiger charge is 2.21. The molecule has 0 aliphatic heterocycles. The summed E-state index contributed by atoms with van der Waals surface area (Å²) < 4.78 is 1.78. The largest absolute Gasteiger partial charge is 0.348 e. The summed E-state index contributed by atoms with van der Waals surface area (Å²) in [5.74, 6) is 0.254. The van der Waals surface area contributed by atoms with Gasteiger partial charge < -0.3 is 5.32 Å². The van der Waals surface area contributed by atoms with E-state index in [-0.39, 0.29) is 11.9 Å². The van der Waals surface area contributed by atoms with Crippen LogP contribution < -0.4 is 5.32 Å². The SMILES string of the molecule is Cc1ccc(-n2nc(-c3ccc(C)c(C)c3)cc2C(=O)NC(C)C(C)C)c(C)c1. The van der Waals surface area contributed by atoms with Crippen LogP contribution in [0.5, 0.6) is 0 Å². The monoisotopic (exact) mass is 389 g/mol. The highest BCUT2D eigenvalue weighted by Crippen LogP contribution is 2.25. The van der Waals surface area contributed by atoms with E-state index < -0.39 is 0 Å². The molecular formula is C25H31N3O. The van der Waals surface area contributed by atoms with Crippen LogP contribution in [0.25, 0.3) is 16.9 Å². The molecule has 0 aliphatic carbocycles. The fourth-order valence-corrected chi connectivity index (χ4v) is 3.26. The van der Waals surface area contributed by atoms with Crippen molar-refractivity contribution in [3.05, 3.63) is 70.4 Å². The zero-order chi connectivity index (χ0) is 21.3. The van der Waals surface area contributed by atoms with Gasteiger partial charge >= 0.3 is 0 Å². The predicted octanol–water partition coefficient (Wildman–Crippen LogP) is 5.55. The number of nitrogens with one attached hydrogen (secondary N) is 1. The first-order chi connectivity index (χ1) is 13.7. The lowest BCUT2D eigenvalue weighted by Gasteiger charge is -2.18. The van der Waals surface area contributed by atoms with Gasteiger partial charge in [-0.1, -0.05) is 43.7 Å². The van der Waals surface area contributed by atoms with Crippen LogP contribution in [0.3, 0.4) is 0 Å². The lowest BCUT2D eigenvalue weighted by molar-refractivity contribution is 0.0922. The van der Waals surface area contributed by atoms with Crippen molar-refractivity contribution in [3.63, 3.8) is 0 Å². The van der Waals surface area contributed by atoms with Crippen LogP contribution in [0.4, 0.5) is 0 Å². The molecule has 0 spiro atoms. The van der Waals surface area contributed by atoms with Crippen molar-refractivity contribution in [2.75, 3.05) is 0 Å². The summed E-state index contributed by atoms with van der Waals surface area (Å²) in [6.07, 6.45) is 0. The molecule has 0 saturated heterocycles. The Hall–Kier alpha value is -2.88. The Morgan fingerprint density at radius 3 is 2.24 bits per heavy atom. The second-order valence-corrected chi connectivity index (χ2v) is 8.42. The number of hydrogen-bond acceptors (Lipinski definition) is 2. The van der Waals surface area contributed by atoms with Crippen LogP contribution >= 0.6 is 0 Å². The molecule has 1 atom stereocenters. The molecule has 4 nitrogen and oxygen atoms in total. The minimum absolute atomic E-state index is 0.0787. The molecule has 1 aromatic heterocycles. The Morgan fingerprint density at radius 1 is 0.897 bits per heavy atom. The number of carbonyl (C=O) groups excluding carboxylic acids is 1. The number of hydrogen-bond donors (Lipinski definition) is 1. The molecule has 3 rings (SSSR count). The van der Waals surface area contributed by atoms with Crippen molar-refractivity contribution in [3.8, 4) is 16.9 Å². The van der Waals surface area contributed by atoms with Crippen molar-refractivity contribution in [1.82, 2.24) is 15.1 Å². The molecule has 4 heteroatoms. The number of aryl methyl sites for hydroxylation is 4. The molecule has 2 aromatic carbocycles. The second-order valence-electron chi connectivity index (χ2n) is 8.42. The molecule has 0 bridgehead atoms. The van der Waals surface area contributed by atoms with E-state index in [1.54, 1.807) is 4.68 Å². The van der Waals surface area contributed by atoms with E-state index >= 15 is 0 Å². The van der Waals surface area contributed by atoms with E-state index in [4.69, 9.17) is 5.10 Å². The van der Waals surface area contributed by atoms with Crippen molar-refractivity contribution in [1.29, 1.82) is 0 Å². The third-order valence-corrected chi connectivity index (χ3v) is 5.68. The summed E-state index contributed by atoms with van der Waals surface area (Å²) >= 11 is 0. The number of amides is 1. The van der Waals surface area contributed by atoms with E-state index in [1.807, 2.05) is 19.1 Å². The Balaban J connectivity index is 2.12. The van der Waals surface area contributed by atoms with Gasteiger partial charge in [0.25, 0.3) is 5.91 Å². The summed E-state index contributed by atoms with van der Waals surface area (Å²) in [5, 5.41) is 7.96. The average Bonchev–Trinajstić information content (AvgIpc) is 3.09. The molecule has 0 aliphatic rings. The smallest absolute Gasteiger partial charge is 0.270 e. The van der Waals surface area contributed by atoms with E-state index in [0.29, 0.717) is 11.6 Å². The van der Waals surface area contributed by atoms with Crippen LogP contribution in [0.2, 0.25) is 0 Å². The number of aromatic nitrogens is 2. The topological polar surface area (TPSA) is 46.9 Å².